The summed E-state index contributed by atoms with van der Waals surface area (Å²) in [5, 5.41) is 3.41. The van der Waals surface area contributed by atoms with Gasteiger partial charge in [0.05, 0.1) is 6.04 Å². The number of hydrogen-bond acceptors (Lipinski definition) is 2. The summed E-state index contributed by atoms with van der Waals surface area (Å²) in [4.78, 5) is 14.6. The van der Waals surface area contributed by atoms with Gasteiger partial charge in [-0.1, -0.05) is 53.9 Å². The van der Waals surface area contributed by atoms with Crippen molar-refractivity contribution in [2.75, 3.05) is 13.1 Å². The lowest BCUT2D eigenvalue weighted by atomic mass is 9.85. The summed E-state index contributed by atoms with van der Waals surface area (Å²) >= 11 is 0. The van der Waals surface area contributed by atoms with Gasteiger partial charge in [0, 0.05) is 19.1 Å². The zero-order chi connectivity index (χ0) is 15.2. The Labute approximate surface area is 125 Å². The Hall–Kier alpha value is -0.570. The molecular formula is C17H34N2O. The summed E-state index contributed by atoms with van der Waals surface area (Å²) in [5.41, 5.74) is 0.241. The SMILES string of the molecule is CCCCCC(C)(C)CN1CCCC(NC(C)C)C1=O. The second-order valence-electron chi connectivity index (χ2n) is 7.40. The lowest BCUT2D eigenvalue weighted by Crippen LogP contribution is -2.54. The van der Waals surface area contributed by atoms with Gasteiger partial charge in [-0.3, -0.25) is 4.79 Å². The molecule has 0 aliphatic carbocycles. The largest absolute Gasteiger partial charge is 0.341 e. The monoisotopic (exact) mass is 282 g/mol. The molecule has 1 saturated heterocycles. The van der Waals surface area contributed by atoms with Gasteiger partial charge in [0.25, 0.3) is 0 Å². The number of rotatable bonds is 8. The van der Waals surface area contributed by atoms with E-state index in [1.807, 2.05) is 0 Å². The van der Waals surface area contributed by atoms with E-state index in [0.717, 1.165) is 25.9 Å². The second-order valence-corrected chi connectivity index (χ2v) is 7.40. The summed E-state index contributed by atoms with van der Waals surface area (Å²) < 4.78 is 0. The molecule has 0 aromatic rings. The van der Waals surface area contributed by atoms with Crippen LogP contribution in [0.1, 0.15) is 73.1 Å². The van der Waals surface area contributed by atoms with Crippen LogP contribution in [-0.4, -0.2) is 36.0 Å². The molecule has 1 aliphatic heterocycles. The van der Waals surface area contributed by atoms with E-state index in [0.29, 0.717) is 11.9 Å². The Morgan fingerprint density at radius 3 is 2.65 bits per heavy atom. The second kappa shape index (κ2) is 8.02. The average molecular weight is 282 g/mol. The fourth-order valence-corrected chi connectivity index (χ4v) is 3.10. The average Bonchev–Trinajstić information content (AvgIpc) is 2.33. The van der Waals surface area contributed by atoms with Crippen molar-refractivity contribution < 1.29 is 4.79 Å². The topological polar surface area (TPSA) is 32.3 Å². The minimum atomic E-state index is 0.0372. The molecular weight excluding hydrogens is 248 g/mol. The summed E-state index contributed by atoms with van der Waals surface area (Å²) in [6.45, 7) is 12.9. The van der Waals surface area contributed by atoms with Gasteiger partial charge in [-0.2, -0.15) is 0 Å². The minimum absolute atomic E-state index is 0.0372. The summed E-state index contributed by atoms with van der Waals surface area (Å²) in [5.74, 6) is 0.313. The molecule has 1 aliphatic rings. The molecule has 3 nitrogen and oxygen atoms in total. The van der Waals surface area contributed by atoms with E-state index in [2.05, 4.69) is 44.8 Å². The number of carbonyl (C=O) groups is 1. The molecule has 3 heteroatoms. The molecule has 1 rings (SSSR count). The summed E-state index contributed by atoms with van der Waals surface area (Å²) in [7, 11) is 0. The van der Waals surface area contributed by atoms with Gasteiger partial charge in [-0.05, 0) is 24.7 Å². The lowest BCUT2D eigenvalue weighted by molar-refractivity contribution is -0.137. The summed E-state index contributed by atoms with van der Waals surface area (Å²) in [6.07, 6.45) is 7.17. The van der Waals surface area contributed by atoms with E-state index >= 15 is 0 Å². The van der Waals surface area contributed by atoms with Crippen molar-refractivity contribution in [3.8, 4) is 0 Å². The van der Waals surface area contributed by atoms with E-state index in [1.165, 1.54) is 25.7 Å². The first-order valence-electron chi connectivity index (χ1n) is 8.40. The van der Waals surface area contributed by atoms with Crippen LogP contribution in [0.15, 0.2) is 0 Å². The van der Waals surface area contributed by atoms with Crippen molar-refractivity contribution in [3.63, 3.8) is 0 Å². The third kappa shape index (κ3) is 5.82. The third-order valence-electron chi connectivity index (χ3n) is 4.14. The smallest absolute Gasteiger partial charge is 0.239 e. The Balaban J connectivity index is 2.50. The number of hydrogen-bond donors (Lipinski definition) is 1. The highest BCUT2D eigenvalue weighted by Crippen LogP contribution is 2.27. The quantitative estimate of drug-likeness (QED) is 0.690. The Kier molecular flexibility index (Phi) is 7.01. The predicted molar refractivity (Wildman–Crippen MR) is 85.8 cm³/mol. The number of piperidine rings is 1. The van der Waals surface area contributed by atoms with Crippen LogP contribution >= 0.6 is 0 Å². The molecule has 0 aromatic heterocycles. The van der Waals surface area contributed by atoms with Crippen LogP contribution in [0.3, 0.4) is 0 Å². The molecule has 0 spiro atoms. The fraction of sp³-hybridized carbons (Fsp3) is 0.941. The Morgan fingerprint density at radius 2 is 2.05 bits per heavy atom. The molecule has 1 N–H and O–H groups in total. The molecule has 0 saturated carbocycles. The van der Waals surface area contributed by atoms with Crippen LogP contribution in [0.25, 0.3) is 0 Å². The maximum absolute atomic E-state index is 12.5. The van der Waals surface area contributed by atoms with Gasteiger partial charge in [-0.25, -0.2) is 0 Å². The van der Waals surface area contributed by atoms with Gasteiger partial charge >= 0.3 is 0 Å². The van der Waals surface area contributed by atoms with Gasteiger partial charge in [0.2, 0.25) is 5.91 Å². The first kappa shape index (κ1) is 17.5. The highest BCUT2D eigenvalue weighted by Gasteiger charge is 2.32. The van der Waals surface area contributed by atoms with Crippen LogP contribution in [0, 0.1) is 5.41 Å². The molecule has 20 heavy (non-hydrogen) atoms. The number of nitrogens with zero attached hydrogens (tertiary/aromatic N) is 1. The van der Waals surface area contributed by atoms with Crippen molar-refractivity contribution in [1.82, 2.24) is 10.2 Å². The molecule has 1 heterocycles. The third-order valence-corrected chi connectivity index (χ3v) is 4.14. The number of likely N-dealkylation sites (tertiary alicyclic amines) is 1. The zero-order valence-electron chi connectivity index (χ0n) is 14.2. The van der Waals surface area contributed by atoms with E-state index in [4.69, 9.17) is 0 Å². The first-order valence-corrected chi connectivity index (χ1v) is 8.40. The zero-order valence-corrected chi connectivity index (χ0v) is 14.2. The van der Waals surface area contributed by atoms with Crippen molar-refractivity contribution in [3.05, 3.63) is 0 Å². The highest BCUT2D eigenvalue weighted by molar-refractivity contribution is 5.82. The van der Waals surface area contributed by atoms with Crippen molar-refractivity contribution in [2.45, 2.75) is 85.2 Å². The molecule has 1 atom stereocenters. The minimum Gasteiger partial charge on any atom is -0.341 e. The maximum atomic E-state index is 12.5. The van der Waals surface area contributed by atoms with Gasteiger partial charge < -0.3 is 10.2 Å². The summed E-state index contributed by atoms with van der Waals surface area (Å²) in [6, 6.07) is 0.414. The molecule has 0 bridgehead atoms. The Bertz CT molecular complexity index is 299. The van der Waals surface area contributed by atoms with Crippen molar-refractivity contribution in [2.24, 2.45) is 5.41 Å². The molecule has 1 fully saturated rings. The van der Waals surface area contributed by atoms with Crippen molar-refractivity contribution in [1.29, 1.82) is 0 Å². The molecule has 1 amide bonds. The first-order chi connectivity index (χ1) is 9.35. The lowest BCUT2D eigenvalue weighted by Gasteiger charge is -2.38. The van der Waals surface area contributed by atoms with E-state index in [-0.39, 0.29) is 11.5 Å². The van der Waals surface area contributed by atoms with E-state index < -0.39 is 0 Å². The van der Waals surface area contributed by atoms with Crippen LogP contribution in [0.4, 0.5) is 0 Å². The van der Waals surface area contributed by atoms with E-state index in [1.54, 1.807) is 0 Å². The standard InChI is InChI=1S/C17H34N2O/c1-6-7-8-11-17(4,5)13-19-12-9-10-15(16(19)20)18-14(2)3/h14-15,18H,6-13H2,1-5H3. The van der Waals surface area contributed by atoms with Crippen LogP contribution < -0.4 is 5.32 Å². The maximum Gasteiger partial charge on any atom is 0.239 e. The van der Waals surface area contributed by atoms with Crippen LogP contribution in [0.2, 0.25) is 0 Å². The predicted octanol–water partition coefficient (Wildman–Crippen LogP) is 3.58. The molecule has 118 valence electrons. The van der Waals surface area contributed by atoms with Gasteiger partial charge in [0.15, 0.2) is 0 Å². The van der Waals surface area contributed by atoms with E-state index in [9.17, 15) is 4.79 Å². The molecule has 0 aromatic carbocycles. The number of amides is 1. The van der Waals surface area contributed by atoms with Crippen molar-refractivity contribution >= 4 is 5.91 Å². The molecule has 1 unspecified atom stereocenters. The fourth-order valence-electron chi connectivity index (χ4n) is 3.10. The van der Waals surface area contributed by atoms with Gasteiger partial charge in [0.1, 0.15) is 0 Å². The van der Waals surface area contributed by atoms with Gasteiger partial charge in [-0.15, -0.1) is 0 Å². The Morgan fingerprint density at radius 1 is 1.35 bits per heavy atom. The normalized spacial score (nSPS) is 20.8. The van der Waals surface area contributed by atoms with Crippen LogP contribution in [-0.2, 0) is 4.79 Å². The number of carbonyl (C=O) groups excluding carboxylic acids is 1. The number of unbranched alkanes of at least 4 members (excludes halogenated alkanes) is 2. The highest BCUT2D eigenvalue weighted by atomic mass is 16.2. The molecule has 0 radical (unpaired) electrons. The van der Waals surface area contributed by atoms with Crippen LogP contribution in [0.5, 0.6) is 0 Å². The number of nitrogens with one attached hydrogen (secondary N) is 1.